The molecule has 0 bridgehead atoms. The SMILES string of the molecule is COc1cccc2c1C(=O)N(S(=O)(=O)Cl)CC2. The van der Waals surface area contributed by atoms with E-state index in [1.807, 2.05) is 0 Å². The van der Waals surface area contributed by atoms with E-state index in [2.05, 4.69) is 0 Å². The highest BCUT2D eigenvalue weighted by atomic mass is 35.7. The van der Waals surface area contributed by atoms with E-state index >= 15 is 0 Å². The van der Waals surface area contributed by atoms with Crippen molar-refractivity contribution < 1.29 is 17.9 Å². The number of carbonyl (C=O) groups excluding carboxylic acids is 1. The highest BCUT2D eigenvalue weighted by molar-refractivity contribution is 8.12. The second-order valence-corrected chi connectivity index (χ2v) is 6.00. The van der Waals surface area contributed by atoms with Gasteiger partial charge in [-0.05, 0) is 18.1 Å². The van der Waals surface area contributed by atoms with Crippen molar-refractivity contribution in [3.05, 3.63) is 29.3 Å². The van der Waals surface area contributed by atoms with E-state index in [0.717, 1.165) is 5.56 Å². The summed E-state index contributed by atoms with van der Waals surface area (Å²) in [7, 11) is 2.59. The Bertz CT molecular complexity index is 555. The number of nitrogens with zero attached hydrogens (tertiary/aromatic N) is 1. The van der Waals surface area contributed by atoms with E-state index in [0.29, 0.717) is 16.5 Å². The quantitative estimate of drug-likeness (QED) is 0.760. The molecule has 1 aliphatic rings. The summed E-state index contributed by atoms with van der Waals surface area (Å²) in [5.41, 5.74) is 1.04. The highest BCUT2D eigenvalue weighted by Crippen LogP contribution is 2.29. The van der Waals surface area contributed by atoms with Crippen LogP contribution in [-0.4, -0.2) is 32.3 Å². The lowest BCUT2D eigenvalue weighted by molar-refractivity contribution is 0.0849. The van der Waals surface area contributed by atoms with E-state index in [1.54, 1.807) is 18.2 Å². The second-order valence-electron chi connectivity index (χ2n) is 3.56. The Balaban J connectivity index is 2.55. The van der Waals surface area contributed by atoms with Crippen LogP contribution in [0, 0.1) is 0 Å². The molecule has 0 saturated carbocycles. The fourth-order valence-corrected chi connectivity index (χ4v) is 2.85. The van der Waals surface area contributed by atoms with Gasteiger partial charge in [0.1, 0.15) is 5.75 Å². The maximum atomic E-state index is 12.0. The van der Waals surface area contributed by atoms with Crippen LogP contribution in [-0.2, 0) is 15.7 Å². The molecule has 0 N–H and O–H groups in total. The zero-order chi connectivity index (χ0) is 12.6. The predicted molar refractivity (Wildman–Crippen MR) is 62.5 cm³/mol. The van der Waals surface area contributed by atoms with Crippen molar-refractivity contribution in [3.63, 3.8) is 0 Å². The molecule has 1 amide bonds. The largest absolute Gasteiger partial charge is 0.496 e. The normalized spacial score (nSPS) is 15.6. The van der Waals surface area contributed by atoms with Crippen LogP contribution in [0.3, 0.4) is 0 Å². The summed E-state index contributed by atoms with van der Waals surface area (Å²) in [6.07, 6.45) is 0.435. The van der Waals surface area contributed by atoms with Crippen molar-refractivity contribution in [1.82, 2.24) is 4.31 Å². The first kappa shape index (κ1) is 12.2. The maximum Gasteiger partial charge on any atom is 0.324 e. The Kier molecular flexibility index (Phi) is 3.01. The molecule has 1 heterocycles. The van der Waals surface area contributed by atoms with Crippen molar-refractivity contribution >= 4 is 25.8 Å². The van der Waals surface area contributed by atoms with Crippen LogP contribution >= 0.6 is 10.7 Å². The average molecular weight is 276 g/mol. The minimum absolute atomic E-state index is 0.0604. The van der Waals surface area contributed by atoms with E-state index in [9.17, 15) is 13.2 Å². The van der Waals surface area contributed by atoms with Gasteiger partial charge in [-0.3, -0.25) is 4.79 Å². The van der Waals surface area contributed by atoms with Crippen molar-refractivity contribution in [2.75, 3.05) is 13.7 Å². The molecule has 2 rings (SSSR count). The Labute approximate surface area is 103 Å². The molecular formula is C10H10ClNO4S. The van der Waals surface area contributed by atoms with Crippen LogP contribution in [0.15, 0.2) is 18.2 Å². The maximum absolute atomic E-state index is 12.0. The number of rotatable bonds is 2. The lowest BCUT2D eigenvalue weighted by Gasteiger charge is -2.26. The molecule has 7 heteroatoms. The van der Waals surface area contributed by atoms with Gasteiger partial charge in [0.2, 0.25) is 0 Å². The molecule has 0 aromatic heterocycles. The average Bonchev–Trinajstić information content (AvgIpc) is 2.27. The van der Waals surface area contributed by atoms with Gasteiger partial charge < -0.3 is 4.74 Å². The zero-order valence-corrected chi connectivity index (χ0v) is 10.6. The fourth-order valence-electron chi connectivity index (χ4n) is 1.85. The molecule has 17 heavy (non-hydrogen) atoms. The Hall–Kier alpha value is -1.27. The van der Waals surface area contributed by atoms with Gasteiger partial charge >= 0.3 is 9.24 Å². The number of carbonyl (C=O) groups is 1. The molecule has 0 fully saturated rings. The van der Waals surface area contributed by atoms with Crippen LogP contribution in [0.2, 0.25) is 0 Å². The zero-order valence-electron chi connectivity index (χ0n) is 9.01. The second kappa shape index (κ2) is 4.19. The smallest absolute Gasteiger partial charge is 0.324 e. The highest BCUT2D eigenvalue weighted by Gasteiger charge is 2.33. The standard InChI is InChI=1S/C10H10ClNO4S/c1-16-8-4-2-3-7-5-6-12(17(11,14)15)10(13)9(7)8/h2-4H,5-6H2,1H3. The number of ether oxygens (including phenoxy) is 1. The van der Waals surface area contributed by atoms with E-state index < -0.39 is 15.1 Å². The van der Waals surface area contributed by atoms with E-state index in [4.69, 9.17) is 15.4 Å². The van der Waals surface area contributed by atoms with Gasteiger partial charge in [0.15, 0.2) is 0 Å². The van der Waals surface area contributed by atoms with E-state index in [1.165, 1.54) is 7.11 Å². The third-order valence-electron chi connectivity index (χ3n) is 2.62. The first-order valence-corrected chi connectivity index (χ1v) is 7.14. The molecule has 1 aromatic carbocycles. The van der Waals surface area contributed by atoms with Crippen molar-refractivity contribution in [1.29, 1.82) is 0 Å². The molecular weight excluding hydrogens is 266 g/mol. The van der Waals surface area contributed by atoms with Crippen LogP contribution in [0.4, 0.5) is 0 Å². The monoisotopic (exact) mass is 275 g/mol. The Morgan fingerprint density at radius 2 is 2.12 bits per heavy atom. The van der Waals surface area contributed by atoms with Gasteiger partial charge in [-0.15, -0.1) is 0 Å². The van der Waals surface area contributed by atoms with Gasteiger partial charge in [-0.25, -0.2) is 4.31 Å². The molecule has 1 aromatic rings. The molecule has 0 saturated heterocycles. The number of halogens is 1. The molecule has 0 unspecified atom stereocenters. The first-order valence-electron chi connectivity index (χ1n) is 4.87. The van der Waals surface area contributed by atoms with Crippen LogP contribution in [0.1, 0.15) is 15.9 Å². The summed E-state index contributed by atoms with van der Waals surface area (Å²) in [6.45, 7) is 0.0604. The topological polar surface area (TPSA) is 63.7 Å². The summed E-state index contributed by atoms with van der Waals surface area (Å²) in [5, 5.41) is 0. The third kappa shape index (κ3) is 2.10. The van der Waals surface area contributed by atoms with Crippen LogP contribution < -0.4 is 4.74 Å². The molecule has 92 valence electrons. The summed E-state index contributed by atoms with van der Waals surface area (Å²) >= 11 is 0. The van der Waals surface area contributed by atoms with Crippen LogP contribution in [0.25, 0.3) is 0 Å². The molecule has 0 atom stereocenters. The minimum Gasteiger partial charge on any atom is -0.496 e. The summed E-state index contributed by atoms with van der Waals surface area (Å²) in [4.78, 5) is 12.0. The van der Waals surface area contributed by atoms with Gasteiger partial charge in [0, 0.05) is 17.2 Å². The van der Waals surface area contributed by atoms with Gasteiger partial charge in [0.25, 0.3) is 5.91 Å². The molecule has 0 aliphatic carbocycles. The lowest BCUT2D eigenvalue weighted by Crippen LogP contribution is -2.39. The van der Waals surface area contributed by atoms with Gasteiger partial charge in [-0.2, -0.15) is 8.42 Å². The number of fused-ring (bicyclic) bond motifs is 1. The third-order valence-corrected chi connectivity index (χ3v) is 3.99. The Morgan fingerprint density at radius 3 is 2.71 bits per heavy atom. The fraction of sp³-hybridized carbons (Fsp3) is 0.300. The summed E-state index contributed by atoms with van der Waals surface area (Å²) < 4.78 is 28.2. The number of hydrogen-bond donors (Lipinski definition) is 0. The molecule has 0 spiro atoms. The Morgan fingerprint density at radius 1 is 1.41 bits per heavy atom. The number of hydrogen-bond acceptors (Lipinski definition) is 4. The number of benzene rings is 1. The number of methoxy groups -OCH3 is 1. The minimum atomic E-state index is -4.04. The van der Waals surface area contributed by atoms with Crippen LogP contribution in [0.5, 0.6) is 5.75 Å². The predicted octanol–water partition coefficient (Wildman–Crippen LogP) is 1.18. The van der Waals surface area contributed by atoms with E-state index in [-0.39, 0.29) is 12.1 Å². The summed E-state index contributed by atoms with van der Waals surface area (Å²) in [6, 6.07) is 5.14. The van der Waals surface area contributed by atoms with Crippen molar-refractivity contribution in [2.24, 2.45) is 0 Å². The van der Waals surface area contributed by atoms with Crippen molar-refractivity contribution in [3.8, 4) is 5.75 Å². The molecule has 1 aliphatic heterocycles. The molecule has 0 radical (unpaired) electrons. The first-order chi connectivity index (χ1) is 7.95. The lowest BCUT2D eigenvalue weighted by atomic mass is 9.99. The van der Waals surface area contributed by atoms with Gasteiger partial charge in [0.05, 0.1) is 12.7 Å². The van der Waals surface area contributed by atoms with Crippen molar-refractivity contribution in [2.45, 2.75) is 6.42 Å². The van der Waals surface area contributed by atoms with Gasteiger partial charge in [-0.1, -0.05) is 12.1 Å². The molecule has 5 nitrogen and oxygen atoms in total. The number of amides is 1. The summed E-state index contributed by atoms with van der Waals surface area (Å²) in [5.74, 6) is -0.281.